The Labute approximate surface area is 190 Å². The average molecular weight is 545 g/mol. The highest BCUT2D eigenvalue weighted by Gasteiger charge is 2.49. The lowest BCUT2D eigenvalue weighted by Crippen LogP contribution is -2.42. The van der Waals surface area contributed by atoms with Crippen molar-refractivity contribution >= 4 is 61.2 Å². The van der Waals surface area contributed by atoms with Gasteiger partial charge in [0.1, 0.15) is 5.75 Å². The first-order chi connectivity index (χ1) is 13.8. The van der Waals surface area contributed by atoms with Crippen molar-refractivity contribution in [2.45, 2.75) is 19.3 Å². The van der Waals surface area contributed by atoms with Crippen LogP contribution in [0.5, 0.6) is 5.75 Å². The molecule has 2 aromatic rings. The SMILES string of the molecule is CC[C@@H](C(=O)c1ccc(Cl)cc1)[C@@H]1c2cc(Br)cc(Br)c2OC(=O)[C@@H]1C(=O)OC. The molecule has 1 aliphatic heterocycles. The standard InChI is InChI=1S/C21H17Br2ClO5/c1-3-13(18(25)10-4-6-12(24)7-5-10)16-14-8-11(22)9-15(23)19(14)29-21(27)17(16)20(26)28-2/h4-9,13,16-17H,3H2,1-2H3/t13-,16-,17+/m1/s1. The second-order valence-electron chi connectivity index (χ2n) is 6.64. The molecule has 3 atom stereocenters. The van der Waals surface area contributed by atoms with Gasteiger partial charge in [-0.3, -0.25) is 14.4 Å². The van der Waals surface area contributed by atoms with Crippen LogP contribution in [0, 0.1) is 11.8 Å². The van der Waals surface area contributed by atoms with Gasteiger partial charge in [0.15, 0.2) is 11.7 Å². The van der Waals surface area contributed by atoms with E-state index in [-0.39, 0.29) is 5.78 Å². The maximum Gasteiger partial charge on any atom is 0.326 e. The van der Waals surface area contributed by atoms with Gasteiger partial charge in [0.2, 0.25) is 0 Å². The number of ether oxygens (including phenoxy) is 2. The van der Waals surface area contributed by atoms with Crippen LogP contribution in [0.15, 0.2) is 45.3 Å². The van der Waals surface area contributed by atoms with Gasteiger partial charge < -0.3 is 9.47 Å². The first-order valence-electron chi connectivity index (χ1n) is 8.86. The second-order valence-corrected chi connectivity index (χ2v) is 8.85. The number of esters is 2. The number of fused-ring (bicyclic) bond motifs is 1. The monoisotopic (exact) mass is 542 g/mol. The number of carbonyl (C=O) groups excluding carboxylic acids is 3. The molecule has 0 N–H and O–H groups in total. The van der Waals surface area contributed by atoms with Crippen LogP contribution >= 0.6 is 43.5 Å². The van der Waals surface area contributed by atoms with Crippen LogP contribution in [0.2, 0.25) is 5.02 Å². The van der Waals surface area contributed by atoms with E-state index in [1.807, 2.05) is 6.92 Å². The van der Waals surface area contributed by atoms with Crippen LogP contribution in [-0.2, 0) is 14.3 Å². The second kappa shape index (κ2) is 8.98. The molecule has 1 heterocycles. The number of halogens is 3. The Morgan fingerprint density at radius 2 is 1.86 bits per heavy atom. The molecule has 8 heteroatoms. The van der Waals surface area contributed by atoms with Crippen LogP contribution < -0.4 is 4.74 Å². The van der Waals surface area contributed by atoms with Gasteiger partial charge in [-0.1, -0.05) is 34.5 Å². The summed E-state index contributed by atoms with van der Waals surface area (Å²) >= 11 is 12.8. The lowest BCUT2D eigenvalue weighted by atomic mass is 9.71. The summed E-state index contributed by atoms with van der Waals surface area (Å²) in [4.78, 5) is 38.6. The van der Waals surface area contributed by atoms with Gasteiger partial charge in [-0.05, 0) is 58.7 Å². The summed E-state index contributed by atoms with van der Waals surface area (Å²) in [6.07, 6.45) is 0.413. The van der Waals surface area contributed by atoms with Crippen molar-refractivity contribution < 1.29 is 23.9 Å². The fraction of sp³-hybridized carbons (Fsp3) is 0.286. The van der Waals surface area contributed by atoms with Crippen LogP contribution in [0.25, 0.3) is 0 Å². The summed E-state index contributed by atoms with van der Waals surface area (Å²) in [5.74, 6) is -3.96. The Kier molecular flexibility index (Phi) is 6.81. The minimum Gasteiger partial charge on any atom is -0.468 e. The van der Waals surface area contributed by atoms with Gasteiger partial charge in [0, 0.05) is 32.5 Å². The largest absolute Gasteiger partial charge is 0.468 e. The van der Waals surface area contributed by atoms with Crippen molar-refractivity contribution in [2.24, 2.45) is 11.8 Å². The van der Waals surface area contributed by atoms with Gasteiger partial charge >= 0.3 is 11.9 Å². The van der Waals surface area contributed by atoms with Gasteiger partial charge in [0.25, 0.3) is 0 Å². The molecule has 0 radical (unpaired) electrons. The highest BCUT2D eigenvalue weighted by Crippen LogP contribution is 2.48. The zero-order valence-electron chi connectivity index (χ0n) is 15.6. The summed E-state index contributed by atoms with van der Waals surface area (Å²) in [6.45, 7) is 1.85. The topological polar surface area (TPSA) is 69.7 Å². The zero-order chi connectivity index (χ0) is 21.3. The van der Waals surface area contributed by atoms with Crippen LogP contribution in [-0.4, -0.2) is 24.8 Å². The molecule has 0 fully saturated rings. The summed E-state index contributed by atoms with van der Waals surface area (Å²) in [5.41, 5.74) is 1.05. The van der Waals surface area contributed by atoms with Crippen molar-refractivity contribution in [2.75, 3.05) is 7.11 Å². The van der Waals surface area contributed by atoms with Crippen molar-refractivity contribution in [3.8, 4) is 5.75 Å². The molecule has 5 nitrogen and oxygen atoms in total. The van der Waals surface area contributed by atoms with Crippen LogP contribution in [0.1, 0.15) is 35.2 Å². The number of hydrogen-bond donors (Lipinski definition) is 0. The van der Waals surface area contributed by atoms with E-state index < -0.39 is 29.7 Å². The van der Waals surface area contributed by atoms with E-state index >= 15 is 0 Å². The maximum atomic E-state index is 13.4. The molecule has 2 aromatic carbocycles. The number of Topliss-reactive ketones (excluding diaryl/α,β-unsaturated/α-hetero) is 1. The lowest BCUT2D eigenvalue weighted by molar-refractivity contribution is -0.158. The van der Waals surface area contributed by atoms with Crippen molar-refractivity contribution in [3.63, 3.8) is 0 Å². The van der Waals surface area contributed by atoms with E-state index in [9.17, 15) is 14.4 Å². The molecule has 0 aromatic heterocycles. The van der Waals surface area contributed by atoms with Gasteiger partial charge in [-0.2, -0.15) is 0 Å². The summed E-state index contributed by atoms with van der Waals surface area (Å²) in [7, 11) is 1.21. The molecule has 0 saturated heterocycles. The van der Waals surface area contributed by atoms with Gasteiger partial charge in [0.05, 0.1) is 11.6 Å². The molecular formula is C21H17Br2ClO5. The van der Waals surface area contributed by atoms with E-state index in [0.717, 1.165) is 4.47 Å². The molecule has 0 spiro atoms. The van der Waals surface area contributed by atoms with Crippen molar-refractivity contribution in [1.29, 1.82) is 0 Å². The summed E-state index contributed by atoms with van der Waals surface area (Å²) in [5, 5.41) is 0.515. The highest BCUT2D eigenvalue weighted by molar-refractivity contribution is 9.11. The molecule has 29 heavy (non-hydrogen) atoms. The molecule has 0 unspecified atom stereocenters. The van der Waals surface area contributed by atoms with E-state index in [1.54, 1.807) is 36.4 Å². The van der Waals surface area contributed by atoms with Gasteiger partial charge in [-0.15, -0.1) is 0 Å². The van der Waals surface area contributed by atoms with Crippen LogP contribution in [0.4, 0.5) is 0 Å². The molecule has 0 saturated carbocycles. The quantitative estimate of drug-likeness (QED) is 0.213. The average Bonchev–Trinajstić information content (AvgIpc) is 2.69. The number of methoxy groups -OCH3 is 1. The Bertz CT molecular complexity index is 974. The lowest BCUT2D eigenvalue weighted by Gasteiger charge is -2.35. The van der Waals surface area contributed by atoms with Crippen molar-refractivity contribution in [3.05, 3.63) is 61.5 Å². The predicted octanol–water partition coefficient (Wildman–Crippen LogP) is 5.57. The van der Waals surface area contributed by atoms with E-state index in [1.165, 1.54) is 7.11 Å². The minimum atomic E-state index is -1.24. The third-order valence-corrected chi connectivity index (χ3v) is 6.30. The van der Waals surface area contributed by atoms with E-state index in [2.05, 4.69) is 31.9 Å². The molecule has 0 amide bonds. The number of benzene rings is 2. The molecular weight excluding hydrogens is 527 g/mol. The Hall–Kier alpha value is -1.70. The van der Waals surface area contributed by atoms with E-state index in [4.69, 9.17) is 21.1 Å². The third kappa shape index (κ3) is 4.27. The number of hydrogen-bond acceptors (Lipinski definition) is 5. The van der Waals surface area contributed by atoms with Gasteiger partial charge in [-0.25, -0.2) is 0 Å². The molecule has 3 rings (SSSR count). The fourth-order valence-corrected chi connectivity index (χ4v) is 5.14. The predicted molar refractivity (Wildman–Crippen MR) is 115 cm³/mol. The Balaban J connectivity index is 2.17. The zero-order valence-corrected chi connectivity index (χ0v) is 19.5. The van der Waals surface area contributed by atoms with E-state index in [0.29, 0.717) is 32.8 Å². The molecule has 1 aliphatic rings. The number of rotatable bonds is 5. The normalized spacial score (nSPS) is 19.1. The number of carbonyl (C=O) groups is 3. The minimum absolute atomic E-state index is 0.181. The highest BCUT2D eigenvalue weighted by atomic mass is 79.9. The summed E-state index contributed by atoms with van der Waals surface area (Å²) in [6, 6.07) is 10.1. The van der Waals surface area contributed by atoms with Crippen molar-refractivity contribution in [1.82, 2.24) is 0 Å². The molecule has 0 aliphatic carbocycles. The summed E-state index contributed by atoms with van der Waals surface area (Å²) < 4.78 is 11.6. The smallest absolute Gasteiger partial charge is 0.326 e. The first kappa shape index (κ1) is 22.0. The van der Waals surface area contributed by atoms with Crippen LogP contribution in [0.3, 0.4) is 0 Å². The molecule has 0 bridgehead atoms. The fourth-order valence-electron chi connectivity index (χ4n) is 3.68. The Morgan fingerprint density at radius 1 is 1.21 bits per heavy atom. The molecule has 152 valence electrons. The maximum absolute atomic E-state index is 13.4. The first-order valence-corrected chi connectivity index (χ1v) is 10.8. The third-order valence-electron chi connectivity index (χ3n) is 5.01. The Morgan fingerprint density at radius 3 is 2.45 bits per heavy atom. The number of ketones is 1.